The van der Waals surface area contributed by atoms with Crippen LogP contribution in [0.25, 0.3) is 21.9 Å². The highest BCUT2D eigenvalue weighted by molar-refractivity contribution is 6.12. The first-order chi connectivity index (χ1) is 12.2. The lowest BCUT2D eigenvalue weighted by atomic mass is 10.0. The first kappa shape index (κ1) is 28.0. The summed E-state index contributed by atoms with van der Waals surface area (Å²) in [7, 11) is 0. The van der Waals surface area contributed by atoms with Crippen LogP contribution in [0.5, 0.6) is 0 Å². The molecule has 2 aromatic carbocycles. The number of allylic oxidation sites excluding steroid dienone is 3. The first-order valence-corrected chi connectivity index (χ1v) is 9.97. The highest BCUT2D eigenvalue weighted by atomic mass is 14.2. The van der Waals surface area contributed by atoms with Gasteiger partial charge in [0.1, 0.15) is 0 Å². The first-order valence-electron chi connectivity index (χ1n) is 9.97. The molecule has 0 atom stereocenters. The lowest BCUT2D eigenvalue weighted by Crippen LogP contribution is -1.78. The van der Waals surface area contributed by atoms with Crippen LogP contribution < -0.4 is 0 Å². The van der Waals surface area contributed by atoms with E-state index in [-0.39, 0.29) is 0 Å². The summed E-state index contributed by atoms with van der Waals surface area (Å²) < 4.78 is 0. The second-order valence-electron chi connectivity index (χ2n) is 4.37. The van der Waals surface area contributed by atoms with Gasteiger partial charge in [-0.3, -0.25) is 0 Å². The van der Waals surface area contributed by atoms with Crippen molar-refractivity contribution in [3.63, 3.8) is 0 Å². The Morgan fingerprint density at radius 2 is 0.920 bits per heavy atom. The van der Waals surface area contributed by atoms with Crippen molar-refractivity contribution in [1.82, 2.24) is 0 Å². The van der Waals surface area contributed by atoms with Crippen LogP contribution in [0.2, 0.25) is 0 Å². The fourth-order valence-electron chi connectivity index (χ4n) is 2.37. The lowest BCUT2D eigenvalue weighted by Gasteiger charge is -2.01. The molecule has 0 aromatic heterocycles. The Morgan fingerprint density at radius 1 is 0.640 bits per heavy atom. The van der Waals surface area contributed by atoms with E-state index in [9.17, 15) is 0 Å². The zero-order valence-electron chi connectivity index (χ0n) is 18.7. The van der Waals surface area contributed by atoms with Gasteiger partial charge in [0.25, 0.3) is 0 Å². The summed E-state index contributed by atoms with van der Waals surface area (Å²) in [5.74, 6) is 0. The van der Waals surface area contributed by atoms with E-state index >= 15 is 0 Å². The lowest BCUT2D eigenvalue weighted by molar-refractivity contribution is 1.50. The van der Waals surface area contributed by atoms with Crippen molar-refractivity contribution in [2.45, 2.75) is 76.2 Å². The molecule has 25 heavy (non-hydrogen) atoms. The molecule has 1 aliphatic rings. The van der Waals surface area contributed by atoms with Crippen molar-refractivity contribution in [3.05, 3.63) is 60.2 Å². The molecule has 2 aromatic rings. The average molecular weight is 343 g/mol. The van der Waals surface area contributed by atoms with Crippen molar-refractivity contribution < 1.29 is 0 Å². The minimum Gasteiger partial charge on any atom is -0.103 e. The van der Waals surface area contributed by atoms with Crippen LogP contribution in [0.15, 0.2) is 49.1 Å². The minimum atomic E-state index is 1.36. The third kappa shape index (κ3) is 7.73. The Morgan fingerprint density at radius 3 is 1.20 bits per heavy atom. The summed E-state index contributed by atoms with van der Waals surface area (Å²) in [6.07, 6.45) is 1.75. The Hall–Kier alpha value is -1.82. The van der Waals surface area contributed by atoms with Gasteiger partial charge < -0.3 is 0 Å². The van der Waals surface area contributed by atoms with Gasteiger partial charge in [-0.25, -0.2) is 0 Å². The second kappa shape index (κ2) is 18.5. The highest BCUT2D eigenvalue weighted by Gasteiger charge is 2.17. The third-order valence-electron chi connectivity index (χ3n) is 3.28. The van der Waals surface area contributed by atoms with Crippen LogP contribution in [-0.2, 0) is 0 Å². The molecule has 0 unspecified atom stereocenters. The molecule has 0 amide bonds. The second-order valence-corrected chi connectivity index (χ2v) is 4.37. The molecule has 3 rings (SSSR count). The molecule has 0 nitrogen and oxygen atoms in total. The van der Waals surface area contributed by atoms with Crippen LogP contribution in [0.1, 0.15) is 87.3 Å². The molecule has 0 radical (unpaired) electrons. The van der Waals surface area contributed by atoms with Crippen molar-refractivity contribution >= 4 is 21.9 Å². The van der Waals surface area contributed by atoms with Gasteiger partial charge in [0, 0.05) is 0 Å². The molecular formula is C25H42. The summed E-state index contributed by atoms with van der Waals surface area (Å²) in [6.45, 7) is 25.7. The monoisotopic (exact) mass is 342 g/mol. The zero-order valence-corrected chi connectivity index (χ0v) is 18.7. The molecule has 142 valence electrons. The molecule has 0 saturated heterocycles. The van der Waals surface area contributed by atoms with Crippen LogP contribution in [-0.4, -0.2) is 0 Å². The molecule has 0 saturated carbocycles. The number of hydrogen-bond acceptors (Lipinski definition) is 0. The van der Waals surface area contributed by atoms with Gasteiger partial charge in [-0.1, -0.05) is 97.9 Å². The summed E-state index contributed by atoms with van der Waals surface area (Å²) in [5, 5.41) is 2.79. The maximum atomic E-state index is 3.36. The van der Waals surface area contributed by atoms with Crippen LogP contribution in [0, 0.1) is 0 Å². The van der Waals surface area contributed by atoms with Gasteiger partial charge in [-0.15, -0.1) is 6.58 Å². The van der Waals surface area contributed by atoms with Gasteiger partial charge in [-0.05, 0) is 53.8 Å². The van der Waals surface area contributed by atoms with Gasteiger partial charge in [0.15, 0.2) is 0 Å². The summed E-state index contributed by atoms with van der Waals surface area (Å²) in [4.78, 5) is 0. The molecule has 0 N–H and O–H groups in total. The predicted molar refractivity (Wildman–Crippen MR) is 123 cm³/mol. The molecule has 0 spiro atoms. The van der Waals surface area contributed by atoms with Crippen LogP contribution in [0.3, 0.4) is 0 Å². The van der Waals surface area contributed by atoms with E-state index in [2.05, 4.69) is 56.8 Å². The van der Waals surface area contributed by atoms with Crippen molar-refractivity contribution in [2.24, 2.45) is 0 Å². The van der Waals surface area contributed by atoms with Crippen molar-refractivity contribution in [2.75, 3.05) is 0 Å². The van der Waals surface area contributed by atoms with E-state index < -0.39 is 0 Å². The number of hydrogen-bond donors (Lipinski definition) is 0. The Bertz CT molecular complexity index is 554. The van der Waals surface area contributed by atoms with E-state index in [0.29, 0.717) is 0 Å². The van der Waals surface area contributed by atoms with Crippen LogP contribution >= 0.6 is 0 Å². The molecule has 0 heteroatoms. The SMILES string of the molecule is C=CC.CC.CC.CC.CC.CC1=C(C)c2cccc3cccc1c23. The molecule has 1 aliphatic carbocycles. The maximum absolute atomic E-state index is 3.36. The molecule has 0 bridgehead atoms. The topological polar surface area (TPSA) is 0 Å². The molecular weight excluding hydrogens is 300 g/mol. The van der Waals surface area contributed by atoms with E-state index in [1.807, 2.05) is 62.3 Å². The smallest absolute Gasteiger partial charge is 0.00333 e. The fourth-order valence-corrected chi connectivity index (χ4v) is 2.37. The Kier molecular flexibility index (Phi) is 20.7. The fraction of sp³-hybridized carbons (Fsp3) is 0.440. The predicted octanol–water partition coefficient (Wildman–Crippen LogP) is 9.40. The molecule has 0 heterocycles. The maximum Gasteiger partial charge on any atom is -0.00333 e. The van der Waals surface area contributed by atoms with Gasteiger partial charge in [0.05, 0.1) is 0 Å². The zero-order chi connectivity index (χ0) is 20.4. The minimum absolute atomic E-state index is 1.36. The summed E-state index contributed by atoms with van der Waals surface area (Å²) >= 11 is 0. The quantitative estimate of drug-likeness (QED) is 0.418. The van der Waals surface area contributed by atoms with Crippen LogP contribution in [0.4, 0.5) is 0 Å². The van der Waals surface area contributed by atoms with Crippen molar-refractivity contribution in [1.29, 1.82) is 0 Å². The summed E-state index contributed by atoms with van der Waals surface area (Å²) in [5.41, 5.74) is 5.68. The van der Waals surface area contributed by atoms with E-state index in [0.717, 1.165) is 0 Å². The van der Waals surface area contributed by atoms with Gasteiger partial charge in [0.2, 0.25) is 0 Å². The van der Waals surface area contributed by atoms with E-state index in [4.69, 9.17) is 0 Å². The average Bonchev–Trinajstić information content (AvgIpc) is 2.96. The summed E-state index contributed by atoms with van der Waals surface area (Å²) in [6, 6.07) is 13.1. The van der Waals surface area contributed by atoms with E-state index in [1.165, 1.54) is 33.0 Å². The normalized spacial score (nSPS) is 9.40. The highest BCUT2D eigenvalue weighted by Crippen LogP contribution is 2.40. The standard InChI is InChI=1S/C14H12.C3H6.4C2H6/c1-9-10(2)13-8-4-6-11-5-3-7-12(9)14(11)13;1-3-2;4*1-2/h3-8H,1-2H3;3H,1H2,2H3;4*1-2H3. The number of benzene rings is 2. The Labute approximate surface area is 158 Å². The largest absolute Gasteiger partial charge is 0.103 e. The Balaban J connectivity index is -0.000000378. The third-order valence-corrected chi connectivity index (χ3v) is 3.28. The molecule has 0 aliphatic heterocycles. The molecule has 0 fully saturated rings. The van der Waals surface area contributed by atoms with Gasteiger partial charge >= 0.3 is 0 Å². The number of rotatable bonds is 0. The van der Waals surface area contributed by atoms with Crippen molar-refractivity contribution in [3.8, 4) is 0 Å². The van der Waals surface area contributed by atoms with Gasteiger partial charge in [-0.2, -0.15) is 0 Å². The van der Waals surface area contributed by atoms with E-state index in [1.54, 1.807) is 6.08 Å².